The summed E-state index contributed by atoms with van der Waals surface area (Å²) in [6.45, 7) is 10.7. The van der Waals surface area contributed by atoms with Crippen LogP contribution in [-0.4, -0.2) is 115 Å². The van der Waals surface area contributed by atoms with Crippen molar-refractivity contribution in [1.82, 2.24) is 25.2 Å². The van der Waals surface area contributed by atoms with E-state index in [9.17, 15) is 9.59 Å². The molecule has 0 aliphatic carbocycles. The first-order chi connectivity index (χ1) is 23.4. The number of ether oxygens (including phenoxy) is 2. The summed E-state index contributed by atoms with van der Waals surface area (Å²) in [5.41, 5.74) is 10.0. The molecule has 3 aliphatic rings. The third kappa shape index (κ3) is 9.46. The summed E-state index contributed by atoms with van der Waals surface area (Å²) in [4.78, 5) is 40.5. The van der Waals surface area contributed by atoms with Crippen molar-refractivity contribution >= 4 is 34.8 Å². The molecule has 1 aromatic carbocycles. The molecule has 0 spiro atoms. The van der Waals surface area contributed by atoms with Crippen LogP contribution in [0.3, 0.4) is 0 Å². The van der Waals surface area contributed by atoms with E-state index in [4.69, 9.17) is 25.4 Å². The fourth-order valence-corrected chi connectivity index (χ4v) is 6.96. The fraction of sp³-hybridized carbons (Fsp3) is 0.647. The van der Waals surface area contributed by atoms with Crippen LogP contribution in [0.25, 0.3) is 0 Å². The number of hydrogen-bond acceptors (Lipinski definition) is 12. The Hall–Kier alpha value is -3.72. The number of aromatic nitrogens is 2. The van der Waals surface area contributed by atoms with E-state index in [2.05, 4.69) is 36.4 Å². The highest BCUT2D eigenvalue weighted by Crippen LogP contribution is 2.35. The summed E-state index contributed by atoms with van der Waals surface area (Å²) in [5, 5.41) is 15.4. The SMILES string of the molecule is CCc1nc(C(N)=O)c(Nc2ccc(N3CCC(N4CCN(CCCCCC(=O)NO)CC4)CC3)c(OC)c2)nc1NC1CCOCC1. The maximum atomic E-state index is 12.4. The molecule has 1 aromatic heterocycles. The topological polar surface area (TPSA) is 170 Å². The molecule has 3 fully saturated rings. The lowest BCUT2D eigenvalue weighted by Crippen LogP contribution is -2.53. The second-order valence-electron chi connectivity index (χ2n) is 12.9. The van der Waals surface area contributed by atoms with Crippen LogP contribution in [0.1, 0.15) is 74.5 Å². The Morgan fingerprint density at radius 2 is 1.75 bits per heavy atom. The monoisotopic (exact) mass is 667 g/mol. The second-order valence-corrected chi connectivity index (χ2v) is 12.9. The van der Waals surface area contributed by atoms with Gasteiger partial charge in [0.2, 0.25) is 5.91 Å². The lowest BCUT2D eigenvalue weighted by atomic mass is 10.0. The van der Waals surface area contributed by atoms with Gasteiger partial charge in [-0.15, -0.1) is 0 Å². The number of benzene rings is 1. The fourth-order valence-electron chi connectivity index (χ4n) is 6.96. The number of nitrogens with two attached hydrogens (primary N) is 1. The summed E-state index contributed by atoms with van der Waals surface area (Å²) in [6, 6.07) is 6.79. The van der Waals surface area contributed by atoms with Crippen LogP contribution in [0.2, 0.25) is 0 Å². The average molecular weight is 668 g/mol. The molecular weight excluding hydrogens is 614 g/mol. The van der Waals surface area contributed by atoms with Crippen molar-refractivity contribution in [3.05, 3.63) is 29.6 Å². The molecule has 14 nitrogen and oxygen atoms in total. The van der Waals surface area contributed by atoms with Crippen LogP contribution in [0.5, 0.6) is 5.75 Å². The molecule has 0 atom stereocenters. The van der Waals surface area contributed by atoms with Crippen LogP contribution in [0.15, 0.2) is 18.2 Å². The molecule has 14 heteroatoms. The Morgan fingerprint density at radius 3 is 2.42 bits per heavy atom. The van der Waals surface area contributed by atoms with E-state index in [1.54, 1.807) is 12.6 Å². The zero-order valence-corrected chi connectivity index (χ0v) is 28.5. The molecule has 48 heavy (non-hydrogen) atoms. The van der Waals surface area contributed by atoms with Gasteiger partial charge in [-0.3, -0.25) is 19.7 Å². The number of unbranched alkanes of at least 4 members (excludes halogenated alkanes) is 2. The normalized spacial score (nSPS) is 18.4. The predicted octanol–water partition coefficient (Wildman–Crippen LogP) is 3.13. The van der Waals surface area contributed by atoms with Crippen molar-refractivity contribution in [2.45, 2.75) is 76.8 Å². The zero-order chi connectivity index (χ0) is 33.9. The minimum Gasteiger partial charge on any atom is -0.495 e. The summed E-state index contributed by atoms with van der Waals surface area (Å²) in [7, 11) is 1.68. The summed E-state index contributed by atoms with van der Waals surface area (Å²) in [6.07, 6.45) is 7.84. The van der Waals surface area contributed by atoms with Gasteiger partial charge >= 0.3 is 0 Å². The number of nitrogens with one attached hydrogen (secondary N) is 3. The largest absolute Gasteiger partial charge is 0.495 e. The van der Waals surface area contributed by atoms with Gasteiger partial charge in [-0.1, -0.05) is 13.3 Å². The molecule has 0 radical (unpaired) electrons. The second kappa shape index (κ2) is 17.6. The van der Waals surface area contributed by atoms with Crippen molar-refractivity contribution in [1.29, 1.82) is 0 Å². The third-order valence-electron chi connectivity index (χ3n) is 9.77. The van der Waals surface area contributed by atoms with Crippen LogP contribution < -0.4 is 31.5 Å². The van der Waals surface area contributed by atoms with Gasteiger partial charge in [0.05, 0.1) is 18.5 Å². The first-order valence-corrected chi connectivity index (χ1v) is 17.5. The molecule has 264 valence electrons. The smallest absolute Gasteiger partial charge is 0.271 e. The van der Waals surface area contributed by atoms with Gasteiger partial charge in [0.25, 0.3) is 5.91 Å². The van der Waals surface area contributed by atoms with Gasteiger partial charge in [0, 0.05) is 82.7 Å². The molecule has 0 bridgehead atoms. The number of piperazine rings is 1. The third-order valence-corrected chi connectivity index (χ3v) is 9.77. The molecule has 2 amide bonds. The van der Waals surface area contributed by atoms with Gasteiger partial charge in [-0.2, -0.15) is 0 Å². The Balaban J connectivity index is 1.15. The van der Waals surface area contributed by atoms with Gasteiger partial charge in [0.15, 0.2) is 17.3 Å². The number of hydroxylamine groups is 1. The number of anilines is 4. The number of nitrogens with zero attached hydrogens (tertiary/aromatic N) is 5. The minimum atomic E-state index is -0.632. The van der Waals surface area contributed by atoms with E-state index in [1.807, 2.05) is 19.1 Å². The van der Waals surface area contributed by atoms with Crippen LogP contribution >= 0.6 is 0 Å². The first kappa shape index (κ1) is 35.6. The van der Waals surface area contributed by atoms with Gasteiger partial charge in [0.1, 0.15) is 5.75 Å². The maximum absolute atomic E-state index is 12.4. The molecule has 3 aliphatic heterocycles. The molecule has 6 N–H and O–H groups in total. The average Bonchev–Trinajstić information content (AvgIpc) is 3.12. The van der Waals surface area contributed by atoms with Crippen molar-refractivity contribution in [2.24, 2.45) is 5.73 Å². The summed E-state index contributed by atoms with van der Waals surface area (Å²) < 4.78 is 11.4. The summed E-state index contributed by atoms with van der Waals surface area (Å²) >= 11 is 0. The number of primary amides is 1. The van der Waals surface area contributed by atoms with Gasteiger partial charge < -0.3 is 35.6 Å². The highest BCUT2D eigenvalue weighted by molar-refractivity contribution is 5.96. The molecule has 0 saturated carbocycles. The molecule has 5 rings (SSSR count). The standard InChI is InChI=1S/C34H53N9O5/c1-3-27-33(36-24-12-21-48-22-13-24)39-34(31(38-27)32(35)45)37-25-8-9-28(29(23-25)47-2)43-15-10-26(11-16-43)42-19-17-41(18-20-42)14-6-4-5-7-30(44)40-46/h8-9,23-24,26,46H,3-7,10-22H2,1-2H3,(H2,35,45)(H,40,44)(H2,36,37,39). The van der Waals surface area contributed by atoms with E-state index in [0.29, 0.717) is 49.4 Å². The minimum absolute atomic E-state index is 0.111. The Labute approximate surface area is 283 Å². The lowest BCUT2D eigenvalue weighted by Gasteiger charge is -2.43. The Kier molecular flexibility index (Phi) is 13.1. The van der Waals surface area contributed by atoms with E-state index >= 15 is 0 Å². The number of carbonyl (C=O) groups excluding carboxylic acids is 2. The number of carbonyl (C=O) groups is 2. The number of rotatable bonds is 15. The Bertz CT molecular complexity index is 1360. The maximum Gasteiger partial charge on any atom is 0.271 e. The quantitative estimate of drug-likeness (QED) is 0.107. The van der Waals surface area contributed by atoms with E-state index < -0.39 is 5.91 Å². The lowest BCUT2D eigenvalue weighted by molar-refractivity contribution is -0.129. The number of amides is 2. The van der Waals surface area contributed by atoms with Crippen LogP contribution in [0.4, 0.5) is 23.0 Å². The molecular formula is C34H53N9O5. The van der Waals surface area contributed by atoms with Gasteiger partial charge in [-0.05, 0) is 63.6 Å². The number of hydrogen-bond donors (Lipinski definition) is 5. The van der Waals surface area contributed by atoms with Gasteiger partial charge in [-0.25, -0.2) is 15.4 Å². The first-order valence-electron chi connectivity index (χ1n) is 17.5. The van der Waals surface area contributed by atoms with Crippen molar-refractivity contribution < 1.29 is 24.3 Å². The highest BCUT2D eigenvalue weighted by Gasteiger charge is 2.29. The number of aryl methyl sites for hydroxylation is 1. The molecule has 0 unspecified atom stereocenters. The van der Waals surface area contributed by atoms with Crippen molar-refractivity contribution in [3.63, 3.8) is 0 Å². The highest BCUT2D eigenvalue weighted by atomic mass is 16.5. The van der Waals surface area contributed by atoms with Crippen molar-refractivity contribution in [2.75, 3.05) is 81.7 Å². The van der Waals surface area contributed by atoms with E-state index in [0.717, 1.165) is 108 Å². The van der Waals surface area contributed by atoms with Crippen LogP contribution in [0, 0.1) is 0 Å². The van der Waals surface area contributed by atoms with E-state index in [1.165, 1.54) is 0 Å². The van der Waals surface area contributed by atoms with E-state index in [-0.39, 0.29) is 17.6 Å². The Morgan fingerprint density at radius 1 is 1.00 bits per heavy atom. The molecule has 3 saturated heterocycles. The van der Waals surface area contributed by atoms with Crippen molar-refractivity contribution in [3.8, 4) is 5.75 Å². The molecule has 4 heterocycles. The predicted molar refractivity (Wildman–Crippen MR) is 185 cm³/mol. The zero-order valence-electron chi connectivity index (χ0n) is 28.5. The summed E-state index contributed by atoms with van der Waals surface area (Å²) in [5.74, 6) is 0.790. The van der Waals surface area contributed by atoms with Crippen LogP contribution in [-0.2, 0) is 16.0 Å². The number of methoxy groups -OCH3 is 1. The molecule has 2 aromatic rings. The number of piperidine rings is 1.